The Kier molecular flexibility index (Phi) is 3.23. The van der Waals surface area contributed by atoms with E-state index in [4.69, 9.17) is 16.3 Å². The molecule has 0 aliphatic heterocycles. The van der Waals surface area contributed by atoms with Gasteiger partial charge in [0.2, 0.25) is 0 Å². The summed E-state index contributed by atoms with van der Waals surface area (Å²) in [6, 6.07) is 8.59. The molecule has 1 aromatic carbocycles. The molecule has 0 atom stereocenters. The third kappa shape index (κ3) is 2.62. The fraction of sp³-hybridized carbons (Fsp3) is 0.0769. The normalized spacial score (nSPS) is 10.8. The Morgan fingerprint density at radius 3 is 3.11 bits per heavy atom. The molecular formula is C13H9ClN2O2S. The Hall–Kier alpha value is -1.85. The highest BCUT2D eigenvalue weighted by Gasteiger charge is 2.04. The van der Waals surface area contributed by atoms with Crippen molar-refractivity contribution in [2.75, 3.05) is 0 Å². The van der Waals surface area contributed by atoms with Crippen molar-refractivity contribution in [2.24, 2.45) is 0 Å². The quantitative estimate of drug-likeness (QED) is 0.745. The summed E-state index contributed by atoms with van der Waals surface area (Å²) in [5.41, 5.74) is 0.503. The molecule has 96 valence electrons. The van der Waals surface area contributed by atoms with Gasteiger partial charge in [-0.3, -0.25) is 9.20 Å². The smallest absolute Gasteiger partial charge is 0.258 e. The summed E-state index contributed by atoms with van der Waals surface area (Å²) >= 11 is 7.28. The molecule has 0 spiro atoms. The topological polar surface area (TPSA) is 43.6 Å². The van der Waals surface area contributed by atoms with Crippen LogP contribution in [0.25, 0.3) is 4.96 Å². The molecule has 19 heavy (non-hydrogen) atoms. The second kappa shape index (κ2) is 5.03. The van der Waals surface area contributed by atoms with Gasteiger partial charge in [-0.15, -0.1) is 11.3 Å². The zero-order chi connectivity index (χ0) is 13.2. The van der Waals surface area contributed by atoms with E-state index in [2.05, 4.69) is 4.98 Å². The van der Waals surface area contributed by atoms with Gasteiger partial charge in [-0.25, -0.2) is 4.98 Å². The monoisotopic (exact) mass is 292 g/mol. The number of rotatable bonds is 3. The van der Waals surface area contributed by atoms with Crippen LogP contribution in [-0.4, -0.2) is 9.38 Å². The van der Waals surface area contributed by atoms with Gasteiger partial charge in [-0.2, -0.15) is 0 Å². The molecule has 3 rings (SSSR count). The van der Waals surface area contributed by atoms with Crippen LogP contribution in [0.3, 0.4) is 0 Å². The summed E-state index contributed by atoms with van der Waals surface area (Å²) in [6.45, 7) is 0.240. The Balaban J connectivity index is 1.83. The third-order valence-corrected chi connectivity index (χ3v) is 3.53. The number of hydrogen-bond donors (Lipinski definition) is 0. The second-order valence-corrected chi connectivity index (χ2v) is 5.20. The summed E-state index contributed by atoms with van der Waals surface area (Å²) < 4.78 is 7.07. The summed E-state index contributed by atoms with van der Waals surface area (Å²) in [7, 11) is 0. The van der Waals surface area contributed by atoms with Crippen molar-refractivity contribution in [3.05, 3.63) is 63.0 Å². The van der Waals surface area contributed by atoms with E-state index in [9.17, 15) is 4.79 Å². The van der Waals surface area contributed by atoms with Crippen LogP contribution in [0, 0.1) is 0 Å². The van der Waals surface area contributed by atoms with Crippen LogP contribution in [0.15, 0.2) is 46.7 Å². The van der Waals surface area contributed by atoms with E-state index in [0.29, 0.717) is 21.4 Å². The average molecular weight is 293 g/mol. The summed E-state index contributed by atoms with van der Waals surface area (Å²) in [6.07, 6.45) is 1.71. The van der Waals surface area contributed by atoms with Gasteiger partial charge >= 0.3 is 0 Å². The number of nitrogens with zero attached hydrogens (tertiary/aromatic N) is 2. The molecule has 0 N–H and O–H groups in total. The zero-order valence-electron chi connectivity index (χ0n) is 9.75. The zero-order valence-corrected chi connectivity index (χ0v) is 11.3. The van der Waals surface area contributed by atoms with Crippen molar-refractivity contribution in [2.45, 2.75) is 6.61 Å². The maximum atomic E-state index is 11.8. The molecule has 0 fully saturated rings. The lowest BCUT2D eigenvalue weighted by atomic mass is 10.3. The summed E-state index contributed by atoms with van der Waals surface area (Å²) in [5.74, 6) is 0.653. The van der Waals surface area contributed by atoms with Crippen molar-refractivity contribution in [1.82, 2.24) is 9.38 Å². The van der Waals surface area contributed by atoms with Gasteiger partial charge in [0.05, 0.1) is 5.69 Å². The third-order valence-electron chi connectivity index (χ3n) is 2.54. The van der Waals surface area contributed by atoms with Crippen LogP contribution in [0.2, 0.25) is 5.02 Å². The minimum Gasteiger partial charge on any atom is -0.487 e. The predicted molar refractivity (Wildman–Crippen MR) is 75.1 cm³/mol. The van der Waals surface area contributed by atoms with Gasteiger partial charge in [0.1, 0.15) is 12.4 Å². The molecule has 2 aromatic heterocycles. The minimum atomic E-state index is -0.101. The molecule has 2 heterocycles. The Morgan fingerprint density at radius 1 is 1.37 bits per heavy atom. The molecule has 0 unspecified atom stereocenters. The fourth-order valence-corrected chi connectivity index (χ4v) is 2.59. The standard InChI is InChI=1S/C13H9ClN2O2S/c14-9-2-1-3-11(6-9)18-8-10-7-12(17)16-4-5-19-13(16)15-10/h1-7H,8H2. The van der Waals surface area contributed by atoms with E-state index < -0.39 is 0 Å². The van der Waals surface area contributed by atoms with E-state index in [1.807, 2.05) is 17.5 Å². The van der Waals surface area contributed by atoms with Crippen LogP contribution >= 0.6 is 22.9 Å². The number of benzene rings is 1. The molecule has 0 saturated carbocycles. The first-order chi connectivity index (χ1) is 9.22. The van der Waals surface area contributed by atoms with Crippen molar-refractivity contribution >= 4 is 27.9 Å². The lowest BCUT2D eigenvalue weighted by Crippen LogP contribution is -2.14. The largest absolute Gasteiger partial charge is 0.487 e. The van der Waals surface area contributed by atoms with Gasteiger partial charge in [-0.1, -0.05) is 17.7 Å². The van der Waals surface area contributed by atoms with E-state index >= 15 is 0 Å². The number of ether oxygens (including phenoxy) is 1. The van der Waals surface area contributed by atoms with Gasteiger partial charge in [0.25, 0.3) is 5.56 Å². The second-order valence-electron chi connectivity index (χ2n) is 3.89. The maximum absolute atomic E-state index is 11.8. The minimum absolute atomic E-state index is 0.101. The molecular weight excluding hydrogens is 284 g/mol. The highest BCUT2D eigenvalue weighted by atomic mass is 35.5. The molecule has 0 saturated heterocycles. The molecule has 0 bridgehead atoms. The van der Waals surface area contributed by atoms with E-state index in [0.717, 1.165) is 0 Å². The van der Waals surface area contributed by atoms with Crippen LogP contribution in [0.5, 0.6) is 5.75 Å². The summed E-state index contributed by atoms with van der Waals surface area (Å²) in [4.78, 5) is 16.8. The Bertz CT molecular complexity index is 781. The maximum Gasteiger partial charge on any atom is 0.258 e. The molecule has 4 nitrogen and oxygen atoms in total. The van der Waals surface area contributed by atoms with E-state index in [1.54, 1.807) is 18.3 Å². The van der Waals surface area contributed by atoms with Gasteiger partial charge in [0, 0.05) is 22.7 Å². The van der Waals surface area contributed by atoms with Crippen LogP contribution in [-0.2, 0) is 6.61 Å². The van der Waals surface area contributed by atoms with E-state index in [-0.39, 0.29) is 12.2 Å². The van der Waals surface area contributed by atoms with Crippen molar-refractivity contribution in [3.63, 3.8) is 0 Å². The fourth-order valence-electron chi connectivity index (χ4n) is 1.68. The Labute approximate surface area is 117 Å². The SMILES string of the molecule is O=c1cc(COc2cccc(Cl)c2)nc2sccn12. The van der Waals surface area contributed by atoms with Crippen molar-refractivity contribution < 1.29 is 4.74 Å². The number of hydrogen-bond acceptors (Lipinski definition) is 4. The first-order valence-corrected chi connectivity index (χ1v) is 6.82. The lowest BCUT2D eigenvalue weighted by molar-refractivity contribution is 0.301. The lowest BCUT2D eigenvalue weighted by Gasteiger charge is -2.05. The van der Waals surface area contributed by atoms with Crippen molar-refractivity contribution in [1.29, 1.82) is 0 Å². The molecule has 3 aromatic rings. The van der Waals surface area contributed by atoms with E-state index in [1.165, 1.54) is 21.8 Å². The highest BCUT2D eigenvalue weighted by molar-refractivity contribution is 7.15. The molecule has 0 aliphatic rings. The summed E-state index contributed by atoms with van der Waals surface area (Å²) in [5, 5.41) is 2.44. The number of thiazole rings is 1. The number of aromatic nitrogens is 2. The molecule has 0 amide bonds. The van der Waals surface area contributed by atoms with Crippen LogP contribution in [0.4, 0.5) is 0 Å². The molecule has 0 aliphatic carbocycles. The van der Waals surface area contributed by atoms with Gasteiger partial charge in [0.15, 0.2) is 4.96 Å². The van der Waals surface area contributed by atoms with Crippen LogP contribution in [0.1, 0.15) is 5.69 Å². The Morgan fingerprint density at radius 2 is 2.26 bits per heavy atom. The van der Waals surface area contributed by atoms with Gasteiger partial charge in [-0.05, 0) is 18.2 Å². The number of fused-ring (bicyclic) bond motifs is 1. The highest BCUT2D eigenvalue weighted by Crippen LogP contribution is 2.18. The van der Waals surface area contributed by atoms with Gasteiger partial charge < -0.3 is 4.74 Å². The first kappa shape index (κ1) is 12.2. The van der Waals surface area contributed by atoms with Crippen LogP contribution < -0.4 is 10.3 Å². The number of halogens is 1. The first-order valence-electron chi connectivity index (χ1n) is 5.56. The predicted octanol–water partition coefficient (Wildman–Crippen LogP) is 2.99. The average Bonchev–Trinajstić information content (AvgIpc) is 2.85. The van der Waals surface area contributed by atoms with Crippen molar-refractivity contribution in [3.8, 4) is 5.75 Å². The molecule has 6 heteroatoms. The molecule has 0 radical (unpaired) electrons.